The van der Waals surface area contributed by atoms with E-state index in [2.05, 4.69) is 10.6 Å². The predicted molar refractivity (Wildman–Crippen MR) is 98.7 cm³/mol. The molecule has 26 heavy (non-hydrogen) atoms. The summed E-state index contributed by atoms with van der Waals surface area (Å²) < 4.78 is 5.57. The van der Waals surface area contributed by atoms with Crippen LogP contribution in [0.25, 0.3) is 0 Å². The van der Waals surface area contributed by atoms with Gasteiger partial charge in [0, 0.05) is 17.7 Å². The number of carbonyl (C=O) groups is 1. The van der Waals surface area contributed by atoms with Gasteiger partial charge in [-0.2, -0.15) is 0 Å². The highest BCUT2D eigenvalue weighted by Crippen LogP contribution is 2.31. The van der Waals surface area contributed by atoms with Crippen LogP contribution in [-0.2, 0) is 0 Å². The molecule has 2 aromatic rings. The number of nitrogens with zero attached hydrogens (tertiary/aromatic N) is 1. The second-order valence-electron chi connectivity index (χ2n) is 6.33. The number of nitro groups is 1. The third-order valence-corrected chi connectivity index (χ3v) is 4.04. The standard InChI is InChI=1S/C19H21N3O4/c1-13-3-2-4-16(11-13)26-10-9-20-19(23)14-5-8-17(21-15-6-7-15)18(12-14)22(24)25/h2-5,8,11-12,15,21H,6-7,9-10H2,1H3,(H,20,23). The number of carbonyl (C=O) groups excluding carboxylic acids is 1. The number of anilines is 1. The molecule has 1 aliphatic carbocycles. The molecule has 0 saturated heterocycles. The fourth-order valence-corrected chi connectivity index (χ4v) is 2.53. The van der Waals surface area contributed by atoms with Gasteiger partial charge < -0.3 is 15.4 Å². The molecule has 2 N–H and O–H groups in total. The molecular formula is C19H21N3O4. The first-order chi connectivity index (χ1) is 12.5. The number of amides is 1. The maximum Gasteiger partial charge on any atom is 0.293 e. The molecule has 1 amide bonds. The monoisotopic (exact) mass is 355 g/mol. The molecule has 0 aromatic heterocycles. The van der Waals surface area contributed by atoms with Crippen LogP contribution in [-0.4, -0.2) is 30.0 Å². The molecule has 1 fully saturated rings. The van der Waals surface area contributed by atoms with Crippen LogP contribution in [0.2, 0.25) is 0 Å². The fraction of sp³-hybridized carbons (Fsp3) is 0.316. The molecule has 136 valence electrons. The summed E-state index contributed by atoms with van der Waals surface area (Å²) in [5.41, 5.74) is 1.73. The average Bonchev–Trinajstić information content (AvgIpc) is 3.43. The van der Waals surface area contributed by atoms with Crippen LogP contribution < -0.4 is 15.4 Å². The van der Waals surface area contributed by atoms with Gasteiger partial charge >= 0.3 is 0 Å². The van der Waals surface area contributed by atoms with E-state index in [1.165, 1.54) is 6.07 Å². The van der Waals surface area contributed by atoms with Gasteiger partial charge in [0.1, 0.15) is 18.0 Å². The SMILES string of the molecule is Cc1cccc(OCCNC(=O)c2ccc(NC3CC3)c([N+](=O)[O-])c2)c1. The summed E-state index contributed by atoms with van der Waals surface area (Å²) in [7, 11) is 0. The summed E-state index contributed by atoms with van der Waals surface area (Å²) in [6.07, 6.45) is 2.03. The molecule has 0 bridgehead atoms. The van der Waals surface area contributed by atoms with Crippen molar-refractivity contribution in [2.75, 3.05) is 18.5 Å². The number of hydrogen-bond donors (Lipinski definition) is 2. The highest BCUT2D eigenvalue weighted by Gasteiger charge is 2.25. The van der Waals surface area contributed by atoms with Gasteiger partial charge in [-0.1, -0.05) is 12.1 Å². The second kappa shape index (κ2) is 7.86. The van der Waals surface area contributed by atoms with Crippen LogP contribution >= 0.6 is 0 Å². The Hall–Kier alpha value is -3.09. The van der Waals surface area contributed by atoms with E-state index in [0.717, 1.165) is 24.2 Å². The van der Waals surface area contributed by atoms with Crippen molar-refractivity contribution in [2.24, 2.45) is 0 Å². The van der Waals surface area contributed by atoms with Crippen molar-refractivity contribution in [3.05, 3.63) is 63.7 Å². The van der Waals surface area contributed by atoms with Gasteiger partial charge in [0.05, 0.1) is 11.5 Å². The first kappa shape index (κ1) is 17.7. The van der Waals surface area contributed by atoms with E-state index in [9.17, 15) is 14.9 Å². The molecule has 0 aliphatic heterocycles. The minimum absolute atomic E-state index is 0.0828. The number of rotatable bonds is 8. The van der Waals surface area contributed by atoms with Crippen molar-refractivity contribution in [3.63, 3.8) is 0 Å². The molecular weight excluding hydrogens is 334 g/mol. The minimum atomic E-state index is -0.470. The summed E-state index contributed by atoms with van der Waals surface area (Å²) in [5, 5.41) is 17.1. The van der Waals surface area contributed by atoms with Crippen molar-refractivity contribution in [1.82, 2.24) is 5.32 Å². The van der Waals surface area contributed by atoms with Crippen LogP contribution in [0.4, 0.5) is 11.4 Å². The van der Waals surface area contributed by atoms with Crippen LogP contribution in [0, 0.1) is 17.0 Å². The Balaban J connectivity index is 1.55. The zero-order valence-electron chi connectivity index (χ0n) is 14.5. The van der Waals surface area contributed by atoms with Crippen LogP contribution in [0.5, 0.6) is 5.75 Å². The van der Waals surface area contributed by atoms with Gasteiger partial charge in [-0.15, -0.1) is 0 Å². The highest BCUT2D eigenvalue weighted by atomic mass is 16.6. The third-order valence-electron chi connectivity index (χ3n) is 4.04. The maximum atomic E-state index is 12.2. The molecule has 3 rings (SSSR count). The van der Waals surface area contributed by atoms with Gasteiger partial charge in [0.2, 0.25) is 0 Å². The van der Waals surface area contributed by atoms with E-state index in [1.807, 2.05) is 31.2 Å². The van der Waals surface area contributed by atoms with E-state index in [0.29, 0.717) is 24.9 Å². The summed E-state index contributed by atoms with van der Waals surface area (Å²) in [6, 6.07) is 12.4. The molecule has 0 radical (unpaired) electrons. The molecule has 2 aromatic carbocycles. The normalized spacial score (nSPS) is 13.1. The lowest BCUT2D eigenvalue weighted by atomic mass is 10.1. The fourth-order valence-electron chi connectivity index (χ4n) is 2.53. The second-order valence-corrected chi connectivity index (χ2v) is 6.33. The Kier molecular flexibility index (Phi) is 5.36. The lowest BCUT2D eigenvalue weighted by molar-refractivity contribution is -0.384. The van der Waals surface area contributed by atoms with E-state index in [4.69, 9.17) is 4.74 Å². The van der Waals surface area contributed by atoms with Crippen LogP contribution in [0.1, 0.15) is 28.8 Å². The average molecular weight is 355 g/mol. The van der Waals surface area contributed by atoms with Gasteiger partial charge in [-0.05, 0) is 49.6 Å². The maximum absolute atomic E-state index is 12.2. The smallest absolute Gasteiger partial charge is 0.293 e. The number of nitrogens with one attached hydrogen (secondary N) is 2. The van der Waals surface area contributed by atoms with Gasteiger partial charge in [0.25, 0.3) is 11.6 Å². The van der Waals surface area contributed by atoms with Gasteiger partial charge in [-0.3, -0.25) is 14.9 Å². The van der Waals surface area contributed by atoms with Crippen molar-refractivity contribution in [2.45, 2.75) is 25.8 Å². The number of benzene rings is 2. The van der Waals surface area contributed by atoms with Crippen molar-refractivity contribution in [3.8, 4) is 5.75 Å². The number of ether oxygens (including phenoxy) is 1. The summed E-state index contributed by atoms with van der Waals surface area (Å²) in [6.45, 7) is 2.60. The molecule has 7 nitrogen and oxygen atoms in total. The largest absolute Gasteiger partial charge is 0.492 e. The Morgan fingerprint density at radius 2 is 2.08 bits per heavy atom. The molecule has 7 heteroatoms. The predicted octanol–water partition coefficient (Wildman–Crippen LogP) is 3.29. The number of aryl methyl sites for hydroxylation is 1. The number of hydrogen-bond acceptors (Lipinski definition) is 5. The zero-order valence-corrected chi connectivity index (χ0v) is 14.5. The van der Waals surface area contributed by atoms with E-state index in [-0.39, 0.29) is 17.2 Å². The number of nitro benzene ring substituents is 1. The topological polar surface area (TPSA) is 93.5 Å². The molecule has 0 heterocycles. The molecule has 1 aliphatic rings. The van der Waals surface area contributed by atoms with Crippen LogP contribution in [0.15, 0.2) is 42.5 Å². The Bertz CT molecular complexity index is 818. The van der Waals surface area contributed by atoms with Crippen molar-refractivity contribution < 1.29 is 14.5 Å². The van der Waals surface area contributed by atoms with Crippen molar-refractivity contribution in [1.29, 1.82) is 0 Å². The summed E-state index contributed by atoms with van der Waals surface area (Å²) in [4.78, 5) is 23.0. The third kappa shape index (κ3) is 4.72. The van der Waals surface area contributed by atoms with E-state index >= 15 is 0 Å². The van der Waals surface area contributed by atoms with Gasteiger partial charge in [0.15, 0.2) is 0 Å². The first-order valence-corrected chi connectivity index (χ1v) is 8.55. The lowest BCUT2D eigenvalue weighted by Crippen LogP contribution is -2.28. The lowest BCUT2D eigenvalue weighted by Gasteiger charge is -2.10. The molecule has 1 saturated carbocycles. The van der Waals surface area contributed by atoms with E-state index in [1.54, 1.807) is 12.1 Å². The Morgan fingerprint density at radius 3 is 2.77 bits per heavy atom. The Morgan fingerprint density at radius 1 is 1.27 bits per heavy atom. The van der Waals surface area contributed by atoms with Gasteiger partial charge in [-0.25, -0.2) is 0 Å². The highest BCUT2D eigenvalue weighted by molar-refractivity contribution is 5.95. The summed E-state index contributed by atoms with van der Waals surface area (Å²) >= 11 is 0. The van der Waals surface area contributed by atoms with Crippen LogP contribution in [0.3, 0.4) is 0 Å². The Labute approximate surface area is 151 Å². The zero-order chi connectivity index (χ0) is 18.5. The molecule has 0 atom stereocenters. The minimum Gasteiger partial charge on any atom is -0.492 e. The summed E-state index contributed by atoms with van der Waals surface area (Å²) in [5.74, 6) is 0.379. The molecule has 0 spiro atoms. The van der Waals surface area contributed by atoms with Crippen molar-refractivity contribution >= 4 is 17.3 Å². The quantitative estimate of drug-likeness (QED) is 0.430. The molecule has 0 unspecified atom stereocenters. The first-order valence-electron chi connectivity index (χ1n) is 8.55. The van der Waals surface area contributed by atoms with E-state index < -0.39 is 4.92 Å².